The molecule has 0 saturated carbocycles. The molecule has 0 radical (unpaired) electrons. The number of hydrogen-bond acceptors (Lipinski definition) is 5. The molecule has 1 aromatic carbocycles. The van der Waals surface area contributed by atoms with Crippen LogP contribution < -0.4 is 9.47 Å². The van der Waals surface area contributed by atoms with Crippen LogP contribution in [0.15, 0.2) is 12.1 Å². The number of methoxy groups -OCH3 is 1. The lowest BCUT2D eigenvalue weighted by atomic mass is 10.1. The van der Waals surface area contributed by atoms with Crippen molar-refractivity contribution in [1.29, 1.82) is 0 Å². The van der Waals surface area contributed by atoms with Crippen LogP contribution in [-0.4, -0.2) is 43.1 Å². The Morgan fingerprint density at radius 3 is 2.68 bits per heavy atom. The summed E-state index contributed by atoms with van der Waals surface area (Å²) in [6.07, 6.45) is 0. The highest BCUT2D eigenvalue weighted by atomic mass is 16.7. The van der Waals surface area contributed by atoms with Crippen LogP contribution in [0.4, 0.5) is 0 Å². The summed E-state index contributed by atoms with van der Waals surface area (Å²) < 4.78 is 15.8. The summed E-state index contributed by atoms with van der Waals surface area (Å²) in [5.74, 6) is 1.55. The minimum absolute atomic E-state index is 0.218. The molecule has 0 amide bonds. The van der Waals surface area contributed by atoms with Gasteiger partial charge < -0.3 is 19.3 Å². The summed E-state index contributed by atoms with van der Waals surface area (Å²) in [5.41, 5.74) is 0.842. The fourth-order valence-electron chi connectivity index (χ4n) is 2.24. The molecule has 1 aliphatic rings. The summed E-state index contributed by atoms with van der Waals surface area (Å²) in [5, 5.41) is 10.0. The molecule has 0 saturated heterocycles. The third kappa shape index (κ3) is 3.11. The molecule has 0 aliphatic carbocycles. The minimum atomic E-state index is 0.218. The molecule has 19 heavy (non-hydrogen) atoms. The standard InChI is InChI=1S/C14H21NO4/c1-4-15(10(2)8-17-3)7-11-5-13-14(6-12(11)16)19-9-18-13/h5-6,10,16H,4,7-9H2,1-3H3. The van der Waals surface area contributed by atoms with E-state index in [4.69, 9.17) is 14.2 Å². The maximum atomic E-state index is 10.0. The quantitative estimate of drug-likeness (QED) is 0.854. The van der Waals surface area contributed by atoms with Crippen molar-refractivity contribution in [2.75, 3.05) is 27.1 Å². The Balaban J connectivity index is 2.13. The monoisotopic (exact) mass is 267 g/mol. The number of rotatable bonds is 6. The Kier molecular flexibility index (Phi) is 4.50. The number of fused-ring (bicyclic) bond motifs is 1. The summed E-state index contributed by atoms with van der Waals surface area (Å²) >= 11 is 0. The first-order valence-electron chi connectivity index (χ1n) is 6.50. The van der Waals surface area contributed by atoms with Crippen molar-refractivity contribution in [3.05, 3.63) is 17.7 Å². The lowest BCUT2D eigenvalue weighted by Gasteiger charge is -2.27. The molecule has 0 fully saturated rings. The highest BCUT2D eigenvalue weighted by Crippen LogP contribution is 2.38. The summed E-state index contributed by atoms with van der Waals surface area (Å²) in [6.45, 7) is 6.63. The maximum Gasteiger partial charge on any atom is 0.231 e. The van der Waals surface area contributed by atoms with E-state index in [1.807, 2.05) is 6.07 Å². The number of aromatic hydroxyl groups is 1. The predicted octanol–water partition coefficient (Wildman–Crippen LogP) is 1.98. The van der Waals surface area contributed by atoms with Crippen LogP contribution in [0.3, 0.4) is 0 Å². The van der Waals surface area contributed by atoms with Crippen molar-refractivity contribution >= 4 is 0 Å². The van der Waals surface area contributed by atoms with Gasteiger partial charge in [0.05, 0.1) is 6.61 Å². The van der Waals surface area contributed by atoms with Crippen LogP contribution >= 0.6 is 0 Å². The third-order valence-electron chi connectivity index (χ3n) is 3.38. The number of nitrogens with zero attached hydrogens (tertiary/aromatic N) is 1. The van der Waals surface area contributed by atoms with Gasteiger partial charge in [-0.25, -0.2) is 0 Å². The van der Waals surface area contributed by atoms with Crippen LogP contribution in [0.2, 0.25) is 0 Å². The molecule has 1 unspecified atom stereocenters. The van der Waals surface area contributed by atoms with Gasteiger partial charge >= 0.3 is 0 Å². The van der Waals surface area contributed by atoms with Gasteiger partial charge in [0.25, 0.3) is 0 Å². The van der Waals surface area contributed by atoms with Crippen LogP contribution in [0, 0.1) is 0 Å². The molecule has 1 aromatic rings. The largest absolute Gasteiger partial charge is 0.507 e. The van der Waals surface area contributed by atoms with E-state index < -0.39 is 0 Å². The van der Waals surface area contributed by atoms with E-state index in [1.54, 1.807) is 13.2 Å². The highest BCUT2D eigenvalue weighted by molar-refractivity contribution is 5.51. The first-order chi connectivity index (χ1) is 9.15. The van der Waals surface area contributed by atoms with Gasteiger partial charge in [-0.05, 0) is 19.5 Å². The lowest BCUT2D eigenvalue weighted by molar-refractivity contribution is 0.0976. The Morgan fingerprint density at radius 1 is 1.37 bits per heavy atom. The second kappa shape index (κ2) is 6.12. The SMILES string of the molecule is CCN(Cc1cc2c(cc1O)OCO2)C(C)COC. The number of ether oxygens (including phenoxy) is 3. The molecule has 0 aromatic heterocycles. The van der Waals surface area contributed by atoms with Gasteiger partial charge in [0.15, 0.2) is 11.5 Å². The van der Waals surface area contributed by atoms with Crippen molar-refractivity contribution < 1.29 is 19.3 Å². The fraction of sp³-hybridized carbons (Fsp3) is 0.571. The number of phenolic OH excluding ortho intramolecular Hbond substituents is 1. The summed E-state index contributed by atoms with van der Waals surface area (Å²) in [7, 11) is 1.70. The number of likely N-dealkylation sites (N-methyl/N-ethyl adjacent to an activating group) is 1. The summed E-state index contributed by atoms with van der Waals surface area (Å²) in [6, 6.07) is 3.76. The van der Waals surface area contributed by atoms with Crippen LogP contribution in [0.1, 0.15) is 19.4 Å². The zero-order valence-electron chi connectivity index (χ0n) is 11.7. The predicted molar refractivity (Wildman–Crippen MR) is 71.7 cm³/mol. The topological polar surface area (TPSA) is 51.2 Å². The van der Waals surface area contributed by atoms with Crippen molar-refractivity contribution in [1.82, 2.24) is 4.90 Å². The lowest BCUT2D eigenvalue weighted by Crippen LogP contribution is -2.35. The van der Waals surface area contributed by atoms with E-state index in [0.29, 0.717) is 30.7 Å². The van der Waals surface area contributed by atoms with Gasteiger partial charge in [-0.3, -0.25) is 4.90 Å². The number of hydrogen-bond donors (Lipinski definition) is 1. The van der Waals surface area contributed by atoms with Crippen molar-refractivity contribution in [3.63, 3.8) is 0 Å². The van der Waals surface area contributed by atoms with Gasteiger partial charge in [-0.1, -0.05) is 6.92 Å². The molecule has 1 N–H and O–H groups in total. The Labute approximate surface area is 113 Å². The fourth-order valence-corrected chi connectivity index (χ4v) is 2.24. The van der Waals surface area contributed by atoms with E-state index in [2.05, 4.69) is 18.7 Å². The smallest absolute Gasteiger partial charge is 0.231 e. The van der Waals surface area contributed by atoms with Gasteiger partial charge in [0.1, 0.15) is 5.75 Å². The first kappa shape index (κ1) is 14.0. The van der Waals surface area contributed by atoms with E-state index in [1.165, 1.54) is 0 Å². The zero-order valence-corrected chi connectivity index (χ0v) is 11.7. The van der Waals surface area contributed by atoms with E-state index in [9.17, 15) is 5.11 Å². The number of phenols is 1. The second-order valence-corrected chi connectivity index (χ2v) is 4.70. The number of benzene rings is 1. The molecule has 5 nitrogen and oxygen atoms in total. The van der Waals surface area contributed by atoms with Crippen molar-refractivity contribution in [2.24, 2.45) is 0 Å². The molecule has 0 spiro atoms. The molecule has 106 valence electrons. The van der Waals surface area contributed by atoms with E-state index >= 15 is 0 Å². The zero-order chi connectivity index (χ0) is 13.8. The van der Waals surface area contributed by atoms with Crippen molar-refractivity contribution in [3.8, 4) is 17.2 Å². The molecule has 5 heteroatoms. The molecule has 2 rings (SSSR count). The molecule has 0 bridgehead atoms. The maximum absolute atomic E-state index is 10.0. The molecule has 1 aliphatic heterocycles. The molecule has 1 heterocycles. The minimum Gasteiger partial charge on any atom is -0.507 e. The van der Waals surface area contributed by atoms with Gasteiger partial charge in [-0.15, -0.1) is 0 Å². The van der Waals surface area contributed by atoms with Crippen molar-refractivity contribution in [2.45, 2.75) is 26.4 Å². The second-order valence-electron chi connectivity index (χ2n) is 4.70. The third-order valence-corrected chi connectivity index (χ3v) is 3.38. The van der Waals surface area contributed by atoms with Gasteiger partial charge in [0.2, 0.25) is 6.79 Å². The van der Waals surface area contributed by atoms with Crippen LogP contribution in [0.5, 0.6) is 17.2 Å². The van der Waals surface area contributed by atoms with Crippen LogP contribution in [-0.2, 0) is 11.3 Å². The molecular weight excluding hydrogens is 246 g/mol. The van der Waals surface area contributed by atoms with Gasteiger partial charge in [0, 0.05) is 31.3 Å². The Hall–Kier alpha value is -1.46. The molecule has 1 atom stereocenters. The highest BCUT2D eigenvalue weighted by Gasteiger charge is 2.19. The first-order valence-corrected chi connectivity index (χ1v) is 6.50. The average molecular weight is 267 g/mol. The average Bonchev–Trinajstić information content (AvgIpc) is 2.83. The Bertz CT molecular complexity index is 436. The van der Waals surface area contributed by atoms with E-state index in [-0.39, 0.29) is 12.5 Å². The summed E-state index contributed by atoms with van der Waals surface area (Å²) in [4.78, 5) is 2.24. The Morgan fingerprint density at radius 2 is 2.05 bits per heavy atom. The normalized spacial score (nSPS) is 14.9. The molecular formula is C14H21NO4. The van der Waals surface area contributed by atoms with Gasteiger partial charge in [-0.2, -0.15) is 0 Å². The van der Waals surface area contributed by atoms with E-state index in [0.717, 1.165) is 12.1 Å². The van der Waals surface area contributed by atoms with Crippen LogP contribution in [0.25, 0.3) is 0 Å².